The first-order valence-electron chi connectivity index (χ1n) is 6.75. The first kappa shape index (κ1) is 12.4. The van der Waals surface area contributed by atoms with Gasteiger partial charge in [0.1, 0.15) is 0 Å². The minimum atomic E-state index is 0.308. The lowest BCUT2D eigenvalue weighted by Gasteiger charge is -2.04. The summed E-state index contributed by atoms with van der Waals surface area (Å²) < 4.78 is 21.9. The van der Waals surface area contributed by atoms with Crippen LogP contribution in [0.5, 0.6) is 23.0 Å². The molecule has 1 aromatic carbocycles. The van der Waals surface area contributed by atoms with Crippen molar-refractivity contribution in [1.82, 2.24) is 0 Å². The van der Waals surface area contributed by atoms with E-state index < -0.39 is 0 Å². The number of rotatable bonds is 2. The highest BCUT2D eigenvalue weighted by Crippen LogP contribution is 2.49. The second kappa shape index (κ2) is 4.66. The average Bonchev–Trinajstić information content (AvgIpc) is 3.28. The molecule has 4 nitrogen and oxygen atoms in total. The Balaban J connectivity index is 1.53. The maximum absolute atomic E-state index is 5.54. The molecule has 22 heavy (non-hydrogen) atoms. The summed E-state index contributed by atoms with van der Waals surface area (Å²) in [5.41, 5.74) is 2.26. The molecule has 4 heterocycles. The molecule has 0 unspecified atom stereocenters. The van der Waals surface area contributed by atoms with Crippen LogP contribution in [0.25, 0.3) is 20.9 Å². The van der Waals surface area contributed by atoms with Gasteiger partial charge in [0.25, 0.3) is 0 Å². The molecule has 0 aliphatic carbocycles. The van der Waals surface area contributed by atoms with Crippen LogP contribution in [0.2, 0.25) is 0 Å². The number of ether oxygens (including phenoxy) is 4. The smallest absolute Gasteiger partial charge is 0.231 e. The van der Waals surface area contributed by atoms with Crippen molar-refractivity contribution in [2.24, 2.45) is 0 Å². The molecule has 0 radical (unpaired) electrons. The molecule has 2 aromatic heterocycles. The van der Waals surface area contributed by atoms with Crippen molar-refractivity contribution in [2.75, 3.05) is 13.6 Å². The second-order valence-corrected chi connectivity index (χ2v) is 6.67. The van der Waals surface area contributed by atoms with E-state index in [0.717, 1.165) is 43.9 Å². The monoisotopic (exact) mass is 330 g/mol. The van der Waals surface area contributed by atoms with E-state index in [2.05, 4.69) is 24.3 Å². The quantitative estimate of drug-likeness (QED) is 0.688. The fraction of sp³-hybridized carbons (Fsp3) is 0.125. The largest absolute Gasteiger partial charge is 0.453 e. The van der Waals surface area contributed by atoms with Gasteiger partial charge < -0.3 is 18.9 Å². The lowest BCUT2D eigenvalue weighted by Crippen LogP contribution is -1.94. The van der Waals surface area contributed by atoms with Crippen LogP contribution in [-0.2, 0) is 0 Å². The Morgan fingerprint density at radius 2 is 1.09 bits per heavy atom. The summed E-state index contributed by atoms with van der Waals surface area (Å²) >= 11 is 3.27. The minimum absolute atomic E-state index is 0.308. The van der Waals surface area contributed by atoms with E-state index in [-0.39, 0.29) is 0 Å². The number of thiophene rings is 2. The lowest BCUT2D eigenvalue weighted by atomic mass is 10.1. The zero-order valence-corrected chi connectivity index (χ0v) is 13.0. The van der Waals surface area contributed by atoms with Crippen LogP contribution in [0.3, 0.4) is 0 Å². The Morgan fingerprint density at radius 1 is 0.636 bits per heavy atom. The summed E-state index contributed by atoms with van der Waals surface area (Å²) in [6, 6.07) is 8.41. The third-order valence-corrected chi connectivity index (χ3v) is 5.65. The third-order valence-electron chi connectivity index (χ3n) is 3.67. The summed E-state index contributed by atoms with van der Waals surface area (Å²) in [5.74, 6) is 3.38. The van der Waals surface area contributed by atoms with Crippen LogP contribution in [0, 0.1) is 0 Å². The fourth-order valence-electron chi connectivity index (χ4n) is 2.61. The average molecular weight is 330 g/mol. The van der Waals surface area contributed by atoms with Crippen LogP contribution >= 0.6 is 22.7 Å². The van der Waals surface area contributed by atoms with Crippen molar-refractivity contribution in [3.05, 3.63) is 35.0 Å². The molecule has 0 spiro atoms. The van der Waals surface area contributed by atoms with Crippen LogP contribution in [-0.4, -0.2) is 13.6 Å². The minimum Gasteiger partial charge on any atom is -0.453 e. The molecular formula is C16H10O4S2. The van der Waals surface area contributed by atoms with Crippen molar-refractivity contribution in [3.8, 4) is 43.9 Å². The van der Waals surface area contributed by atoms with Gasteiger partial charge in [-0.05, 0) is 11.1 Å². The van der Waals surface area contributed by atoms with Crippen LogP contribution in [0.1, 0.15) is 0 Å². The van der Waals surface area contributed by atoms with Crippen LogP contribution < -0.4 is 18.9 Å². The number of fused-ring (bicyclic) bond motifs is 2. The zero-order chi connectivity index (χ0) is 14.5. The molecule has 0 N–H and O–H groups in total. The standard InChI is InChI=1S/C16H10O4S2/c1-2-10(16-14-12(6-22-16)18-8-20-14)4-3-9(1)15-13-11(5-21-15)17-7-19-13/h1-6H,7-8H2. The molecule has 0 saturated heterocycles. The topological polar surface area (TPSA) is 36.9 Å². The summed E-state index contributed by atoms with van der Waals surface area (Å²) in [7, 11) is 0. The zero-order valence-electron chi connectivity index (χ0n) is 11.3. The predicted molar refractivity (Wildman–Crippen MR) is 85.3 cm³/mol. The molecular weight excluding hydrogens is 320 g/mol. The van der Waals surface area contributed by atoms with E-state index in [0.29, 0.717) is 13.6 Å². The highest BCUT2D eigenvalue weighted by Gasteiger charge is 2.23. The number of hydrogen-bond acceptors (Lipinski definition) is 6. The van der Waals surface area contributed by atoms with Crippen molar-refractivity contribution in [1.29, 1.82) is 0 Å². The molecule has 3 aromatic rings. The van der Waals surface area contributed by atoms with E-state index in [1.807, 2.05) is 10.8 Å². The molecule has 0 atom stereocenters. The first-order valence-corrected chi connectivity index (χ1v) is 8.51. The van der Waals surface area contributed by atoms with Crippen molar-refractivity contribution >= 4 is 22.7 Å². The Hall–Kier alpha value is -2.18. The van der Waals surface area contributed by atoms with Gasteiger partial charge in [0.05, 0.1) is 9.75 Å². The van der Waals surface area contributed by atoms with E-state index in [1.54, 1.807) is 22.7 Å². The summed E-state index contributed by atoms with van der Waals surface area (Å²) in [5, 5.41) is 3.98. The van der Waals surface area contributed by atoms with Gasteiger partial charge in [-0.3, -0.25) is 0 Å². The van der Waals surface area contributed by atoms with E-state index in [4.69, 9.17) is 18.9 Å². The molecule has 0 bridgehead atoms. The molecule has 5 rings (SSSR count). The van der Waals surface area contributed by atoms with E-state index >= 15 is 0 Å². The van der Waals surface area contributed by atoms with Gasteiger partial charge in [0, 0.05) is 10.8 Å². The van der Waals surface area contributed by atoms with Gasteiger partial charge in [0.15, 0.2) is 23.0 Å². The first-order chi connectivity index (χ1) is 10.9. The second-order valence-electron chi connectivity index (χ2n) is 4.91. The maximum Gasteiger partial charge on any atom is 0.231 e. The van der Waals surface area contributed by atoms with Crippen LogP contribution in [0.4, 0.5) is 0 Å². The molecule has 0 amide bonds. The molecule has 6 heteroatoms. The predicted octanol–water partition coefficient (Wildman–Crippen LogP) is 4.60. The molecule has 2 aliphatic heterocycles. The summed E-state index contributed by atoms with van der Waals surface area (Å²) in [4.78, 5) is 2.21. The fourth-order valence-corrected chi connectivity index (χ4v) is 4.49. The Morgan fingerprint density at radius 3 is 1.55 bits per heavy atom. The number of hydrogen-bond donors (Lipinski definition) is 0. The van der Waals surface area contributed by atoms with Gasteiger partial charge in [-0.2, -0.15) is 0 Å². The van der Waals surface area contributed by atoms with E-state index in [9.17, 15) is 0 Å². The molecule has 0 saturated carbocycles. The third kappa shape index (κ3) is 1.74. The van der Waals surface area contributed by atoms with Gasteiger partial charge in [0.2, 0.25) is 13.6 Å². The Kier molecular flexibility index (Phi) is 2.62. The molecule has 2 aliphatic rings. The van der Waals surface area contributed by atoms with Gasteiger partial charge in [-0.1, -0.05) is 24.3 Å². The highest BCUT2D eigenvalue weighted by atomic mass is 32.1. The van der Waals surface area contributed by atoms with Crippen LogP contribution in [0.15, 0.2) is 35.0 Å². The lowest BCUT2D eigenvalue weighted by molar-refractivity contribution is 0.174. The van der Waals surface area contributed by atoms with Gasteiger partial charge >= 0.3 is 0 Å². The summed E-state index contributed by atoms with van der Waals surface area (Å²) in [6.45, 7) is 0.615. The van der Waals surface area contributed by atoms with Crippen molar-refractivity contribution in [3.63, 3.8) is 0 Å². The van der Waals surface area contributed by atoms with E-state index in [1.165, 1.54) is 0 Å². The Labute approximate surface area is 134 Å². The molecule has 110 valence electrons. The maximum atomic E-state index is 5.54. The van der Waals surface area contributed by atoms with Crippen molar-refractivity contribution < 1.29 is 18.9 Å². The van der Waals surface area contributed by atoms with Crippen molar-refractivity contribution in [2.45, 2.75) is 0 Å². The number of benzene rings is 1. The van der Waals surface area contributed by atoms with Gasteiger partial charge in [-0.25, -0.2) is 0 Å². The normalized spacial score (nSPS) is 14.5. The SMILES string of the molecule is c1cc(-c2scc3c2OCO3)ccc1-c1scc2c1OCO2. The van der Waals surface area contributed by atoms with Gasteiger partial charge in [-0.15, -0.1) is 22.7 Å². The Bertz CT molecular complexity index is 776. The highest BCUT2D eigenvalue weighted by molar-refractivity contribution is 7.14. The molecule has 0 fully saturated rings. The summed E-state index contributed by atoms with van der Waals surface area (Å²) in [6.07, 6.45) is 0.